The first kappa shape index (κ1) is 16.1. The van der Waals surface area contributed by atoms with Crippen LogP contribution in [-0.4, -0.2) is 19.8 Å². The van der Waals surface area contributed by atoms with Crippen molar-refractivity contribution in [3.63, 3.8) is 0 Å². The van der Waals surface area contributed by atoms with Crippen molar-refractivity contribution in [3.8, 4) is 0 Å². The van der Waals surface area contributed by atoms with Gasteiger partial charge in [0.2, 0.25) is 10.0 Å². The van der Waals surface area contributed by atoms with E-state index in [2.05, 4.69) is 0 Å². The van der Waals surface area contributed by atoms with Gasteiger partial charge < -0.3 is 5.73 Å². The van der Waals surface area contributed by atoms with Gasteiger partial charge in [0.25, 0.3) is 0 Å². The number of nitrogens with two attached hydrogens (primary N) is 1. The predicted molar refractivity (Wildman–Crippen MR) is 86.0 cm³/mol. The van der Waals surface area contributed by atoms with Gasteiger partial charge in [0, 0.05) is 18.6 Å². The first-order valence-corrected chi connectivity index (χ1v) is 8.26. The second-order valence-corrected chi connectivity index (χ2v) is 7.46. The average molecular weight is 345 g/mol. The monoisotopic (exact) mass is 344 g/mol. The molecular formula is C14H14Cl2N2O2S. The van der Waals surface area contributed by atoms with E-state index in [0.717, 1.165) is 5.56 Å². The van der Waals surface area contributed by atoms with E-state index < -0.39 is 10.0 Å². The largest absolute Gasteiger partial charge is 0.397 e. The summed E-state index contributed by atoms with van der Waals surface area (Å²) in [6.07, 6.45) is 0. The smallest absolute Gasteiger partial charge is 0.243 e. The van der Waals surface area contributed by atoms with Crippen LogP contribution in [0, 0.1) is 0 Å². The Morgan fingerprint density at radius 3 is 2.29 bits per heavy atom. The molecule has 7 heteroatoms. The summed E-state index contributed by atoms with van der Waals surface area (Å²) in [6, 6.07) is 11.3. The molecule has 21 heavy (non-hydrogen) atoms. The minimum atomic E-state index is -3.62. The highest BCUT2D eigenvalue weighted by Gasteiger charge is 2.21. The molecule has 4 nitrogen and oxygen atoms in total. The SMILES string of the molecule is CN(Cc1ccc(Cl)cc1)S(=O)(=O)c1ccc(Cl)c(N)c1. The predicted octanol–water partition coefficient (Wildman–Crippen LogP) is 3.40. The minimum Gasteiger partial charge on any atom is -0.397 e. The van der Waals surface area contributed by atoms with Crippen LogP contribution in [0.4, 0.5) is 5.69 Å². The maximum Gasteiger partial charge on any atom is 0.243 e. The molecule has 0 fully saturated rings. The Bertz CT molecular complexity index is 746. The fourth-order valence-electron chi connectivity index (χ4n) is 1.79. The quantitative estimate of drug-likeness (QED) is 0.864. The van der Waals surface area contributed by atoms with Crippen LogP contribution in [0.5, 0.6) is 0 Å². The summed E-state index contributed by atoms with van der Waals surface area (Å²) in [6.45, 7) is 0.238. The minimum absolute atomic E-state index is 0.112. The van der Waals surface area contributed by atoms with E-state index in [0.29, 0.717) is 10.0 Å². The van der Waals surface area contributed by atoms with Gasteiger partial charge in [-0.05, 0) is 35.9 Å². The van der Waals surface area contributed by atoms with Gasteiger partial charge in [-0.15, -0.1) is 0 Å². The van der Waals surface area contributed by atoms with Gasteiger partial charge in [-0.25, -0.2) is 8.42 Å². The van der Waals surface area contributed by atoms with E-state index in [1.165, 1.54) is 29.6 Å². The molecule has 0 saturated heterocycles. The number of rotatable bonds is 4. The molecule has 0 aliphatic carbocycles. The molecule has 0 bridgehead atoms. The van der Waals surface area contributed by atoms with Crippen molar-refractivity contribution in [1.82, 2.24) is 4.31 Å². The first-order valence-electron chi connectivity index (χ1n) is 6.06. The van der Waals surface area contributed by atoms with Crippen LogP contribution < -0.4 is 5.73 Å². The zero-order valence-electron chi connectivity index (χ0n) is 11.3. The van der Waals surface area contributed by atoms with Gasteiger partial charge in [-0.2, -0.15) is 4.31 Å². The van der Waals surface area contributed by atoms with Crippen molar-refractivity contribution in [3.05, 3.63) is 58.1 Å². The third-order valence-corrected chi connectivity index (χ3v) is 5.39. The topological polar surface area (TPSA) is 63.4 Å². The van der Waals surface area contributed by atoms with Gasteiger partial charge in [0.05, 0.1) is 15.6 Å². The van der Waals surface area contributed by atoms with E-state index >= 15 is 0 Å². The Labute approximate surface area is 134 Å². The fourth-order valence-corrected chi connectivity index (χ4v) is 3.23. The lowest BCUT2D eigenvalue weighted by atomic mass is 10.2. The van der Waals surface area contributed by atoms with Crippen molar-refractivity contribution in [2.45, 2.75) is 11.4 Å². The molecule has 2 N–H and O–H groups in total. The van der Waals surface area contributed by atoms with Gasteiger partial charge in [-0.3, -0.25) is 0 Å². The zero-order valence-corrected chi connectivity index (χ0v) is 13.6. The summed E-state index contributed by atoms with van der Waals surface area (Å²) in [5.74, 6) is 0. The van der Waals surface area contributed by atoms with Gasteiger partial charge in [-0.1, -0.05) is 35.3 Å². The molecule has 0 radical (unpaired) electrons. The summed E-state index contributed by atoms with van der Waals surface area (Å²) in [4.78, 5) is 0.112. The van der Waals surface area contributed by atoms with Crippen LogP contribution >= 0.6 is 23.2 Å². The number of hydrogen-bond acceptors (Lipinski definition) is 3. The number of hydrogen-bond donors (Lipinski definition) is 1. The van der Waals surface area contributed by atoms with Crippen molar-refractivity contribution >= 4 is 38.9 Å². The lowest BCUT2D eigenvalue weighted by Gasteiger charge is -2.17. The van der Waals surface area contributed by atoms with Crippen LogP contribution in [0.15, 0.2) is 47.4 Å². The molecule has 0 aliphatic rings. The fraction of sp³-hybridized carbons (Fsp3) is 0.143. The molecule has 0 saturated carbocycles. The summed E-state index contributed by atoms with van der Waals surface area (Å²) in [7, 11) is -2.12. The normalized spacial score (nSPS) is 11.8. The third kappa shape index (κ3) is 3.68. The Hall–Kier alpha value is -1.27. The zero-order chi connectivity index (χ0) is 15.6. The Morgan fingerprint density at radius 1 is 1.10 bits per heavy atom. The van der Waals surface area contributed by atoms with Gasteiger partial charge in [0.1, 0.15) is 0 Å². The second kappa shape index (κ2) is 6.23. The molecule has 2 aromatic carbocycles. The van der Waals surface area contributed by atoms with E-state index in [1.807, 2.05) is 0 Å². The Morgan fingerprint density at radius 2 is 1.71 bits per heavy atom. The molecule has 0 aromatic heterocycles. The number of benzene rings is 2. The lowest BCUT2D eigenvalue weighted by Crippen LogP contribution is -2.26. The molecule has 0 unspecified atom stereocenters. The van der Waals surface area contributed by atoms with Crippen molar-refractivity contribution in [2.75, 3.05) is 12.8 Å². The Kier molecular flexibility index (Phi) is 4.78. The van der Waals surface area contributed by atoms with Crippen molar-refractivity contribution < 1.29 is 8.42 Å². The average Bonchev–Trinajstić information content (AvgIpc) is 2.44. The van der Waals surface area contributed by atoms with E-state index in [1.54, 1.807) is 24.3 Å². The standard InChI is InChI=1S/C14H14Cl2N2O2S/c1-18(9-10-2-4-11(15)5-3-10)21(19,20)12-6-7-13(16)14(17)8-12/h2-8H,9,17H2,1H3. The van der Waals surface area contributed by atoms with Crippen molar-refractivity contribution in [2.24, 2.45) is 0 Å². The van der Waals surface area contributed by atoms with Gasteiger partial charge in [0.15, 0.2) is 0 Å². The second-order valence-electron chi connectivity index (χ2n) is 4.57. The number of halogens is 2. The maximum absolute atomic E-state index is 12.5. The Balaban J connectivity index is 2.25. The van der Waals surface area contributed by atoms with E-state index in [-0.39, 0.29) is 17.1 Å². The highest BCUT2D eigenvalue weighted by molar-refractivity contribution is 7.89. The summed E-state index contributed by atoms with van der Waals surface area (Å²) in [5.41, 5.74) is 6.73. The van der Waals surface area contributed by atoms with Crippen LogP contribution in [0.2, 0.25) is 10.0 Å². The lowest BCUT2D eigenvalue weighted by molar-refractivity contribution is 0.467. The highest BCUT2D eigenvalue weighted by Crippen LogP contribution is 2.24. The van der Waals surface area contributed by atoms with Crippen LogP contribution in [0.25, 0.3) is 0 Å². The van der Waals surface area contributed by atoms with Gasteiger partial charge >= 0.3 is 0 Å². The maximum atomic E-state index is 12.5. The molecule has 0 heterocycles. The summed E-state index contributed by atoms with van der Waals surface area (Å²) >= 11 is 11.6. The number of nitrogen functional groups attached to an aromatic ring is 1. The van der Waals surface area contributed by atoms with Crippen LogP contribution in [0.1, 0.15) is 5.56 Å². The molecule has 0 aliphatic heterocycles. The molecule has 0 atom stereocenters. The molecule has 112 valence electrons. The number of anilines is 1. The van der Waals surface area contributed by atoms with Crippen LogP contribution in [0.3, 0.4) is 0 Å². The molecule has 0 amide bonds. The molecular weight excluding hydrogens is 331 g/mol. The summed E-state index contributed by atoms with van der Waals surface area (Å²) in [5, 5.41) is 0.934. The van der Waals surface area contributed by atoms with E-state index in [4.69, 9.17) is 28.9 Å². The highest BCUT2D eigenvalue weighted by atomic mass is 35.5. The van der Waals surface area contributed by atoms with Crippen LogP contribution in [-0.2, 0) is 16.6 Å². The van der Waals surface area contributed by atoms with Crippen molar-refractivity contribution in [1.29, 1.82) is 0 Å². The van der Waals surface area contributed by atoms with E-state index in [9.17, 15) is 8.42 Å². The first-order chi connectivity index (χ1) is 9.80. The molecule has 2 aromatic rings. The molecule has 0 spiro atoms. The number of sulfonamides is 1. The summed E-state index contributed by atoms with van der Waals surface area (Å²) < 4.78 is 26.2. The third-order valence-electron chi connectivity index (χ3n) is 2.99. The molecule has 2 rings (SSSR count). The number of nitrogens with zero attached hydrogens (tertiary/aromatic N) is 1.